The van der Waals surface area contributed by atoms with Crippen molar-refractivity contribution in [2.45, 2.75) is 12.3 Å². The molecule has 3 aromatic rings. The fraction of sp³-hybridized carbons (Fsp3) is 0.130. The van der Waals surface area contributed by atoms with Gasteiger partial charge in [-0.3, -0.25) is 0 Å². The van der Waals surface area contributed by atoms with Crippen LogP contribution in [0.3, 0.4) is 0 Å². The molecule has 0 unspecified atom stereocenters. The molecule has 0 aliphatic carbocycles. The molecule has 0 spiro atoms. The summed E-state index contributed by atoms with van der Waals surface area (Å²) in [7, 11) is 1.51. The van der Waals surface area contributed by atoms with Gasteiger partial charge in [0, 0.05) is 26.6 Å². The molecule has 1 aliphatic rings. The largest absolute Gasteiger partial charge is 0.502 e. The number of hydrogen-bond donors (Lipinski definition) is 1. The summed E-state index contributed by atoms with van der Waals surface area (Å²) >= 11 is 12.1. The Morgan fingerprint density at radius 1 is 0.893 bits per heavy atom. The first-order valence-electron chi connectivity index (χ1n) is 8.75. The Bertz CT molecular complexity index is 1060. The van der Waals surface area contributed by atoms with Crippen LogP contribution in [-0.2, 0) is 5.41 Å². The van der Waals surface area contributed by atoms with E-state index >= 15 is 0 Å². The number of rotatable bonds is 3. The van der Waals surface area contributed by atoms with Crippen molar-refractivity contribution < 1.29 is 14.6 Å². The molecular formula is C23H18Cl2O3. The van der Waals surface area contributed by atoms with Crippen molar-refractivity contribution >= 4 is 29.0 Å². The molecule has 1 heterocycles. The number of methoxy groups -OCH3 is 1. The summed E-state index contributed by atoms with van der Waals surface area (Å²) in [5, 5.41) is 12.1. The molecular weight excluding hydrogens is 395 g/mol. The maximum absolute atomic E-state index is 10.7. The highest BCUT2D eigenvalue weighted by atomic mass is 35.5. The van der Waals surface area contributed by atoms with Gasteiger partial charge in [0.05, 0.1) is 7.11 Å². The maximum Gasteiger partial charge on any atom is 0.201 e. The van der Waals surface area contributed by atoms with Crippen molar-refractivity contribution in [1.29, 1.82) is 0 Å². The second-order valence-electron chi connectivity index (χ2n) is 6.82. The molecule has 28 heavy (non-hydrogen) atoms. The number of ether oxygens (including phenoxy) is 2. The van der Waals surface area contributed by atoms with E-state index in [1.807, 2.05) is 60.7 Å². The zero-order chi connectivity index (χ0) is 19.9. The van der Waals surface area contributed by atoms with Crippen molar-refractivity contribution in [1.82, 2.24) is 0 Å². The van der Waals surface area contributed by atoms with Crippen LogP contribution in [-0.4, -0.2) is 12.2 Å². The van der Waals surface area contributed by atoms with Crippen LogP contribution >= 0.6 is 23.2 Å². The maximum atomic E-state index is 10.7. The zero-order valence-electron chi connectivity index (χ0n) is 15.4. The van der Waals surface area contributed by atoms with Gasteiger partial charge in [-0.2, -0.15) is 0 Å². The predicted octanol–water partition coefficient (Wildman–Crippen LogP) is 6.45. The van der Waals surface area contributed by atoms with Crippen LogP contribution in [0.5, 0.6) is 17.2 Å². The highest BCUT2D eigenvalue weighted by Gasteiger charge is 2.37. The van der Waals surface area contributed by atoms with Crippen molar-refractivity contribution in [2.75, 3.05) is 7.11 Å². The van der Waals surface area contributed by atoms with Crippen LogP contribution < -0.4 is 9.47 Å². The normalized spacial score (nSPS) is 18.1. The average Bonchev–Trinajstić information content (AvgIpc) is 2.69. The molecule has 0 saturated carbocycles. The third-order valence-corrected chi connectivity index (χ3v) is 5.58. The van der Waals surface area contributed by atoms with E-state index in [0.29, 0.717) is 27.3 Å². The second kappa shape index (κ2) is 7.08. The van der Waals surface area contributed by atoms with Gasteiger partial charge in [0.15, 0.2) is 11.5 Å². The Balaban J connectivity index is 1.95. The van der Waals surface area contributed by atoms with Crippen molar-refractivity contribution in [3.8, 4) is 17.2 Å². The Hall–Kier alpha value is -2.62. The first-order valence-corrected chi connectivity index (χ1v) is 9.51. The minimum Gasteiger partial charge on any atom is -0.502 e. The van der Waals surface area contributed by atoms with Crippen LogP contribution in [0.25, 0.3) is 5.76 Å². The van der Waals surface area contributed by atoms with Gasteiger partial charge in [0.25, 0.3) is 0 Å². The summed E-state index contributed by atoms with van der Waals surface area (Å²) in [5.74, 6) is 1.34. The summed E-state index contributed by atoms with van der Waals surface area (Å²) in [4.78, 5) is 0. The lowest BCUT2D eigenvalue weighted by atomic mass is 9.73. The quantitative estimate of drug-likeness (QED) is 0.537. The Kier molecular flexibility index (Phi) is 4.74. The standard InChI is InChI=1S/C23H18Cl2O3/c1-23(15-5-9-17(25)10-6-15)13-20(14-3-7-16(24)8-4-14)28-22-18(23)11-12-19(27-2)21(22)26/h3-13,26H,1-2H3/t23-/m0/s1. The lowest BCUT2D eigenvalue weighted by molar-refractivity contribution is 0.351. The van der Waals surface area contributed by atoms with Crippen molar-refractivity contribution in [3.05, 3.63) is 93.5 Å². The molecule has 0 bridgehead atoms. The van der Waals surface area contributed by atoms with Crippen LogP contribution in [0.15, 0.2) is 66.7 Å². The summed E-state index contributed by atoms with van der Waals surface area (Å²) in [6.07, 6.45) is 2.05. The Labute approximate surface area is 173 Å². The number of hydrogen-bond acceptors (Lipinski definition) is 3. The van der Waals surface area contributed by atoms with Gasteiger partial charge in [-0.15, -0.1) is 0 Å². The molecule has 3 aromatic carbocycles. The summed E-state index contributed by atoms with van der Waals surface area (Å²) in [6, 6.07) is 18.7. The lowest BCUT2D eigenvalue weighted by Gasteiger charge is -2.35. The molecule has 0 saturated heterocycles. The van der Waals surface area contributed by atoms with Gasteiger partial charge in [-0.25, -0.2) is 0 Å². The highest BCUT2D eigenvalue weighted by Crippen LogP contribution is 2.51. The molecule has 1 atom stereocenters. The molecule has 1 aliphatic heterocycles. The molecule has 0 aromatic heterocycles. The minimum atomic E-state index is -0.545. The van der Waals surface area contributed by atoms with E-state index < -0.39 is 5.41 Å². The molecule has 4 rings (SSSR count). The van der Waals surface area contributed by atoms with Crippen LogP contribution in [0.4, 0.5) is 0 Å². The summed E-state index contributed by atoms with van der Waals surface area (Å²) < 4.78 is 11.4. The van der Waals surface area contributed by atoms with Gasteiger partial charge in [0.1, 0.15) is 5.76 Å². The van der Waals surface area contributed by atoms with Crippen LogP contribution in [0.1, 0.15) is 23.6 Å². The molecule has 5 heteroatoms. The van der Waals surface area contributed by atoms with Gasteiger partial charge >= 0.3 is 0 Å². The van der Waals surface area contributed by atoms with E-state index in [0.717, 1.165) is 16.7 Å². The van der Waals surface area contributed by atoms with Crippen molar-refractivity contribution in [2.24, 2.45) is 0 Å². The van der Waals surface area contributed by atoms with Gasteiger partial charge < -0.3 is 14.6 Å². The first-order chi connectivity index (χ1) is 13.4. The van der Waals surface area contributed by atoms with Crippen LogP contribution in [0, 0.1) is 0 Å². The first kappa shape index (κ1) is 18.7. The van der Waals surface area contributed by atoms with Gasteiger partial charge in [-0.05, 0) is 61.0 Å². The number of allylic oxidation sites excluding steroid dienone is 1. The van der Waals surface area contributed by atoms with Gasteiger partial charge in [0.2, 0.25) is 5.75 Å². The summed E-state index contributed by atoms with van der Waals surface area (Å²) in [6.45, 7) is 2.08. The molecule has 1 N–H and O–H groups in total. The van der Waals surface area contributed by atoms with E-state index in [9.17, 15) is 5.11 Å². The van der Waals surface area contributed by atoms with Gasteiger partial charge in [-0.1, -0.05) is 41.4 Å². The fourth-order valence-corrected chi connectivity index (χ4v) is 3.75. The molecule has 0 amide bonds. The van der Waals surface area contributed by atoms with E-state index in [-0.39, 0.29) is 5.75 Å². The van der Waals surface area contributed by atoms with E-state index in [1.165, 1.54) is 7.11 Å². The fourth-order valence-electron chi connectivity index (χ4n) is 3.50. The highest BCUT2D eigenvalue weighted by molar-refractivity contribution is 6.30. The Morgan fingerprint density at radius 2 is 1.50 bits per heavy atom. The molecule has 0 fully saturated rings. The van der Waals surface area contributed by atoms with E-state index in [1.54, 1.807) is 6.07 Å². The third kappa shape index (κ3) is 3.11. The SMILES string of the molecule is COc1ccc2c(c1O)OC(c1ccc(Cl)cc1)=C[C@@]2(C)c1ccc(Cl)cc1. The molecule has 142 valence electrons. The molecule has 0 radical (unpaired) electrons. The topological polar surface area (TPSA) is 38.7 Å². The smallest absolute Gasteiger partial charge is 0.201 e. The predicted molar refractivity (Wildman–Crippen MR) is 113 cm³/mol. The monoisotopic (exact) mass is 412 g/mol. The van der Waals surface area contributed by atoms with Crippen LogP contribution in [0.2, 0.25) is 10.0 Å². The zero-order valence-corrected chi connectivity index (χ0v) is 16.9. The number of halogens is 2. The number of fused-ring (bicyclic) bond motifs is 1. The Morgan fingerprint density at radius 3 is 2.11 bits per heavy atom. The number of phenolic OH excluding ortho intramolecular Hbond substituents is 1. The number of aromatic hydroxyl groups is 1. The minimum absolute atomic E-state index is 0.0280. The van der Waals surface area contributed by atoms with Crippen molar-refractivity contribution in [3.63, 3.8) is 0 Å². The third-order valence-electron chi connectivity index (χ3n) is 5.08. The second-order valence-corrected chi connectivity index (χ2v) is 7.69. The van der Waals surface area contributed by atoms with E-state index in [2.05, 4.69) is 6.92 Å². The summed E-state index contributed by atoms with van der Waals surface area (Å²) in [5.41, 5.74) is 2.18. The number of phenols is 1. The van der Waals surface area contributed by atoms with E-state index in [4.69, 9.17) is 32.7 Å². The average molecular weight is 413 g/mol. The number of benzene rings is 3. The molecule has 3 nitrogen and oxygen atoms in total. The lowest BCUT2D eigenvalue weighted by Crippen LogP contribution is -2.26.